The molecule has 0 radical (unpaired) electrons. The van der Waals surface area contributed by atoms with Crippen LogP contribution in [0.2, 0.25) is 0 Å². The number of phenolic OH excluding ortho intramolecular Hbond substituents is 1. The Bertz CT molecular complexity index is 947. The van der Waals surface area contributed by atoms with Crippen LogP contribution in [0.25, 0.3) is 0 Å². The molecule has 3 aliphatic carbocycles. The maximum Gasteiger partial charge on any atom is 0.302 e. The molecule has 0 heterocycles. The number of Topliss-reactive ketones (excluding diaryl/α,β-unsaturated/α-hetero) is 2. The van der Waals surface area contributed by atoms with Gasteiger partial charge in [-0.2, -0.15) is 0 Å². The first-order chi connectivity index (χ1) is 12.7. The summed E-state index contributed by atoms with van der Waals surface area (Å²) in [4.78, 5) is 38.1. The molecule has 140 valence electrons. The lowest BCUT2D eigenvalue weighted by atomic mass is 9.61. The second-order valence-corrected chi connectivity index (χ2v) is 8.40. The number of phenols is 1. The third-order valence-corrected chi connectivity index (χ3v) is 5.76. The van der Waals surface area contributed by atoms with Crippen LogP contribution in [0.4, 0.5) is 0 Å². The first-order valence-corrected chi connectivity index (χ1v) is 9.20. The zero-order valence-electron chi connectivity index (χ0n) is 15.7. The van der Waals surface area contributed by atoms with Crippen LogP contribution in [0.3, 0.4) is 0 Å². The van der Waals surface area contributed by atoms with Crippen molar-refractivity contribution >= 4 is 17.5 Å². The summed E-state index contributed by atoms with van der Waals surface area (Å²) in [5.74, 6) is -1.56. The summed E-state index contributed by atoms with van der Waals surface area (Å²) in [5, 5.41) is 10.2. The van der Waals surface area contributed by atoms with E-state index in [1.165, 1.54) is 13.0 Å². The summed E-state index contributed by atoms with van der Waals surface area (Å²) in [5.41, 5.74) is 2.14. The van der Waals surface area contributed by atoms with Crippen molar-refractivity contribution in [3.63, 3.8) is 0 Å². The molecule has 27 heavy (non-hydrogen) atoms. The van der Waals surface area contributed by atoms with Crippen molar-refractivity contribution in [1.29, 1.82) is 0 Å². The van der Waals surface area contributed by atoms with E-state index in [-0.39, 0.29) is 33.9 Å². The molecule has 1 N–H and O–H groups in total. The normalized spacial score (nSPS) is 26.0. The van der Waals surface area contributed by atoms with Crippen LogP contribution in [-0.2, 0) is 9.53 Å². The van der Waals surface area contributed by atoms with Crippen LogP contribution in [0.5, 0.6) is 5.75 Å². The van der Waals surface area contributed by atoms with Crippen molar-refractivity contribution in [3.8, 4) is 5.75 Å². The first-order valence-electron chi connectivity index (χ1n) is 9.20. The van der Waals surface area contributed by atoms with Gasteiger partial charge in [0.1, 0.15) is 11.9 Å². The summed E-state index contributed by atoms with van der Waals surface area (Å²) in [6.45, 7) is 5.58. The van der Waals surface area contributed by atoms with E-state index in [9.17, 15) is 19.5 Å². The standard InChI is InChI=1S/C22H22O5/c1-11(23)27-16-10-22(2,3)9-12-7-8-14-19(17(12)16)21(26)18-13(20(14)25)5-4-6-15(18)24/h4-7,16-17,24H,8-10H2,1-3H3. The van der Waals surface area contributed by atoms with Crippen molar-refractivity contribution in [2.45, 2.75) is 46.1 Å². The molecule has 0 bridgehead atoms. The number of aromatic hydroxyl groups is 1. The van der Waals surface area contributed by atoms with Gasteiger partial charge in [-0.15, -0.1) is 0 Å². The lowest BCUT2D eigenvalue weighted by Crippen LogP contribution is -2.43. The maximum atomic E-state index is 13.3. The van der Waals surface area contributed by atoms with Crippen LogP contribution in [0.1, 0.15) is 60.7 Å². The van der Waals surface area contributed by atoms with E-state index < -0.39 is 18.0 Å². The molecule has 0 amide bonds. The number of allylic oxidation sites excluding steroid dienone is 2. The predicted octanol–water partition coefficient (Wildman–Crippen LogP) is 3.77. The number of ether oxygens (including phenoxy) is 1. The summed E-state index contributed by atoms with van der Waals surface area (Å²) in [7, 11) is 0. The Balaban J connectivity index is 1.86. The van der Waals surface area contributed by atoms with E-state index in [4.69, 9.17) is 4.74 Å². The van der Waals surface area contributed by atoms with Gasteiger partial charge in [0.15, 0.2) is 11.6 Å². The smallest absolute Gasteiger partial charge is 0.302 e. The Kier molecular flexibility index (Phi) is 3.88. The zero-order valence-corrected chi connectivity index (χ0v) is 15.7. The highest BCUT2D eigenvalue weighted by atomic mass is 16.5. The molecule has 4 rings (SSSR count). The number of fused-ring (bicyclic) bond motifs is 3. The fraction of sp³-hybridized carbons (Fsp3) is 0.409. The van der Waals surface area contributed by atoms with E-state index in [1.54, 1.807) is 12.1 Å². The number of benzene rings is 1. The van der Waals surface area contributed by atoms with E-state index >= 15 is 0 Å². The largest absolute Gasteiger partial charge is 0.507 e. The number of rotatable bonds is 1. The van der Waals surface area contributed by atoms with Gasteiger partial charge in [-0.1, -0.05) is 37.6 Å². The lowest BCUT2D eigenvalue weighted by Gasteiger charge is -2.45. The highest BCUT2D eigenvalue weighted by Gasteiger charge is 2.48. The number of ketones is 2. The molecule has 0 spiro atoms. The number of carbonyl (C=O) groups is 3. The summed E-state index contributed by atoms with van der Waals surface area (Å²) in [6, 6.07) is 4.56. The fourth-order valence-corrected chi connectivity index (χ4v) is 4.82. The molecular formula is C22H22O5. The molecule has 1 aromatic carbocycles. The fourth-order valence-electron chi connectivity index (χ4n) is 4.82. The van der Waals surface area contributed by atoms with Gasteiger partial charge in [-0.05, 0) is 30.7 Å². The highest BCUT2D eigenvalue weighted by molar-refractivity contribution is 6.28. The summed E-state index contributed by atoms with van der Waals surface area (Å²) in [6.07, 6.45) is 3.30. The minimum absolute atomic E-state index is 0.0638. The third kappa shape index (κ3) is 2.73. The molecule has 5 nitrogen and oxygen atoms in total. The van der Waals surface area contributed by atoms with E-state index in [2.05, 4.69) is 13.8 Å². The average Bonchev–Trinajstić information content (AvgIpc) is 2.57. The maximum absolute atomic E-state index is 13.3. The third-order valence-electron chi connectivity index (χ3n) is 5.76. The van der Waals surface area contributed by atoms with Crippen LogP contribution >= 0.6 is 0 Å². The molecular weight excluding hydrogens is 344 g/mol. The van der Waals surface area contributed by atoms with Crippen molar-refractivity contribution in [2.24, 2.45) is 11.3 Å². The number of hydrogen-bond donors (Lipinski definition) is 1. The average molecular weight is 366 g/mol. The Morgan fingerprint density at radius 3 is 2.67 bits per heavy atom. The Morgan fingerprint density at radius 2 is 1.96 bits per heavy atom. The van der Waals surface area contributed by atoms with Crippen molar-refractivity contribution in [1.82, 2.24) is 0 Å². The van der Waals surface area contributed by atoms with Crippen LogP contribution in [-0.4, -0.2) is 28.7 Å². The van der Waals surface area contributed by atoms with Crippen LogP contribution < -0.4 is 0 Å². The van der Waals surface area contributed by atoms with Gasteiger partial charge in [0.25, 0.3) is 0 Å². The highest BCUT2D eigenvalue weighted by Crippen LogP contribution is 2.51. The number of hydrogen-bond acceptors (Lipinski definition) is 5. The Labute approximate surface area is 157 Å². The molecule has 3 aliphatic rings. The van der Waals surface area contributed by atoms with Gasteiger partial charge >= 0.3 is 5.97 Å². The van der Waals surface area contributed by atoms with Gasteiger partial charge in [-0.25, -0.2) is 0 Å². The van der Waals surface area contributed by atoms with Gasteiger partial charge in [0, 0.05) is 29.6 Å². The molecule has 0 saturated heterocycles. The van der Waals surface area contributed by atoms with Crippen LogP contribution in [0.15, 0.2) is 41.0 Å². The number of esters is 1. The number of carbonyl (C=O) groups excluding carboxylic acids is 3. The van der Waals surface area contributed by atoms with Crippen molar-refractivity contribution < 1.29 is 24.2 Å². The Morgan fingerprint density at radius 1 is 1.22 bits per heavy atom. The predicted molar refractivity (Wildman–Crippen MR) is 98.6 cm³/mol. The van der Waals surface area contributed by atoms with E-state index in [1.807, 2.05) is 6.08 Å². The van der Waals surface area contributed by atoms with E-state index in [0.717, 1.165) is 12.0 Å². The van der Waals surface area contributed by atoms with Crippen LogP contribution in [0, 0.1) is 11.3 Å². The molecule has 1 aromatic rings. The lowest BCUT2D eigenvalue weighted by molar-refractivity contribution is -0.150. The molecule has 5 heteroatoms. The minimum Gasteiger partial charge on any atom is -0.507 e. The first kappa shape index (κ1) is 17.7. The van der Waals surface area contributed by atoms with E-state index in [0.29, 0.717) is 24.0 Å². The monoisotopic (exact) mass is 366 g/mol. The second kappa shape index (κ2) is 5.91. The quantitative estimate of drug-likeness (QED) is 0.604. The van der Waals surface area contributed by atoms with Crippen molar-refractivity contribution in [2.75, 3.05) is 0 Å². The molecule has 2 unspecified atom stereocenters. The topological polar surface area (TPSA) is 80.7 Å². The molecule has 0 aromatic heterocycles. The summed E-state index contributed by atoms with van der Waals surface area (Å²) >= 11 is 0. The molecule has 2 atom stereocenters. The summed E-state index contributed by atoms with van der Waals surface area (Å²) < 4.78 is 5.61. The van der Waals surface area contributed by atoms with Gasteiger partial charge < -0.3 is 9.84 Å². The molecule has 1 fully saturated rings. The van der Waals surface area contributed by atoms with Crippen molar-refractivity contribution in [3.05, 3.63) is 52.1 Å². The zero-order chi connectivity index (χ0) is 19.5. The SMILES string of the molecule is CC(=O)OC1CC(C)(C)CC2=CCC3=C(C(=O)c4c(O)cccc4C3=O)C21. The van der Waals surface area contributed by atoms with Gasteiger partial charge in [-0.3, -0.25) is 14.4 Å². The second-order valence-electron chi connectivity index (χ2n) is 8.40. The molecule has 1 saturated carbocycles. The minimum atomic E-state index is -0.494. The molecule has 0 aliphatic heterocycles. The van der Waals surface area contributed by atoms with Gasteiger partial charge in [0.2, 0.25) is 0 Å². The Hall–Kier alpha value is -2.69. The van der Waals surface area contributed by atoms with Gasteiger partial charge in [0.05, 0.1) is 5.56 Å².